The Morgan fingerprint density at radius 3 is 2.88 bits per heavy atom. The Balaban J connectivity index is 1.64. The van der Waals surface area contributed by atoms with E-state index in [1.807, 2.05) is 48.7 Å². The number of benzene rings is 1. The van der Waals surface area contributed by atoms with E-state index in [0.29, 0.717) is 13.0 Å². The van der Waals surface area contributed by atoms with Crippen LogP contribution in [-0.4, -0.2) is 22.8 Å². The van der Waals surface area contributed by atoms with Crippen molar-refractivity contribution < 1.29 is 9.21 Å². The van der Waals surface area contributed by atoms with Crippen molar-refractivity contribution in [2.75, 3.05) is 7.05 Å². The van der Waals surface area contributed by atoms with Crippen LogP contribution in [0, 0.1) is 6.92 Å². The van der Waals surface area contributed by atoms with E-state index in [0.717, 1.165) is 32.3 Å². The number of likely N-dealkylation sites (N-methyl/N-ethyl adjacent to an activating group) is 1. The highest BCUT2D eigenvalue weighted by Crippen LogP contribution is 2.26. The molecule has 24 heavy (non-hydrogen) atoms. The topological polar surface area (TPSA) is 46.3 Å². The van der Waals surface area contributed by atoms with Gasteiger partial charge < -0.3 is 9.32 Å². The van der Waals surface area contributed by atoms with Crippen molar-refractivity contribution in [2.45, 2.75) is 19.9 Å². The van der Waals surface area contributed by atoms with Gasteiger partial charge in [0.1, 0.15) is 16.5 Å². The zero-order valence-electron chi connectivity index (χ0n) is 13.5. The van der Waals surface area contributed by atoms with Crippen LogP contribution in [0.15, 0.2) is 50.7 Å². The maximum absolute atomic E-state index is 12.4. The van der Waals surface area contributed by atoms with Crippen LogP contribution in [0.1, 0.15) is 17.2 Å². The zero-order chi connectivity index (χ0) is 17.1. The Bertz CT molecular complexity index is 856. The molecule has 3 aromatic rings. The molecule has 0 radical (unpaired) electrons. The van der Waals surface area contributed by atoms with E-state index < -0.39 is 0 Å². The molecule has 1 amide bonds. The highest BCUT2D eigenvalue weighted by molar-refractivity contribution is 9.10. The number of halogens is 1. The van der Waals surface area contributed by atoms with Crippen molar-refractivity contribution in [1.82, 2.24) is 9.88 Å². The van der Waals surface area contributed by atoms with Gasteiger partial charge in [0.2, 0.25) is 5.91 Å². The van der Waals surface area contributed by atoms with Gasteiger partial charge in [-0.15, -0.1) is 11.3 Å². The van der Waals surface area contributed by atoms with Crippen LogP contribution < -0.4 is 0 Å². The fourth-order valence-corrected chi connectivity index (χ4v) is 3.54. The summed E-state index contributed by atoms with van der Waals surface area (Å²) in [4.78, 5) is 18.6. The van der Waals surface area contributed by atoms with Gasteiger partial charge in [-0.1, -0.05) is 28.1 Å². The second-order valence-electron chi connectivity index (χ2n) is 5.59. The predicted octanol–water partition coefficient (Wildman–Crippen LogP) is 4.68. The highest BCUT2D eigenvalue weighted by Gasteiger charge is 2.14. The largest absolute Gasteiger partial charge is 0.464 e. The average molecular weight is 405 g/mol. The van der Waals surface area contributed by atoms with Crippen LogP contribution in [0.4, 0.5) is 0 Å². The summed E-state index contributed by atoms with van der Waals surface area (Å²) in [5.41, 5.74) is 1.84. The third-order valence-electron chi connectivity index (χ3n) is 3.57. The van der Waals surface area contributed by atoms with Crippen molar-refractivity contribution in [3.8, 4) is 10.6 Å². The molecule has 6 heteroatoms. The third-order valence-corrected chi connectivity index (χ3v) is 5.00. The van der Waals surface area contributed by atoms with E-state index in [1.165, 1.54) is 0 Å². The fourth-order valence-electron chi connectivity index (χ4n) is 2.32. The van der Waals surface area contributed by atoms with Crippen molar-refractivity contribution >= 4 is 33.2 Å². The van der Waals surface area contributed by atoms with Crippen molar-refractivity contribution in [2.24, 2.45) is 0 Å². The van der Waals surface area contributed by atoms with Gasteiger partial charge in [0.15, 0.2) is 0 Å². The Kier molecular flexibility index (Phi) is 5.16. The Hall–Kier alpha value is -1.92. The zero-order valence-corrected chi connectivity index (χ0v) is 15.9. The molecule has 0 unspecified atom stereocenters. The Morgan fingerprint density at radius 1 is 1.33 bits per heavy atom. The number of furan rings is 1. The van der Waals surface area contributed by atoms with Gasteiger partial charge in [-0.3, -0.25) is 4.79 Å². The van der Waals surface area contributed by atoms with E-state index in [4.69, 9.17) is 4.42 Å². The lowest BCUT2D eigenvalue weighted by Crippen LogP contribution is -2.27. The predicted molar refractivity (Wildman–Crippen MR) is 98.9 cm³/mol. The minimum absolute atomic E-state index is 0.0233. The van der Waals surface area contributed by atoms with Gasteiger partial charge >= 0.3 is 0 Å². The number of aryl methyl sites for hydroxylation is 1. The van der Waals surface area contributed by atoms with Crippen LogP contribution in [0.5, 0.6) is 0 Å². The van der Waals surface area contributed by atoms with Crippen molar-refractivity contribution in [3.05, 3.63) is 63.5 Å². The number of thiazole rings is 1. The number of nitrogens with zero attached hydrogens (tertiary/aromatic N) is 2. The molecule has 2 aromatic heterocycles. The Labute approximate surface area is 153 Å². The smallest absolute Gasteiger partial charge is 0.228 e. The lowest BCUT2D eigenvalue weighted by atomic mass is 10.2. The molecular formula is C18H17BrN2O2S. The first-order valence-electron chi connectivity index (χ1n) is 7.51. The fraction of sp³-hybridized carbons (Fsp3) is 0.222. The first kappa shape index (κ1) is 16.9. The van der Waals surface area contributed by atoms with Crippen molar-refractivity contribution in [1.29, 1.82) is 0 Å². The van der Waals surface area contributed by atoms with E-state index in [1.54, 1.807) is 23.3 Å². The first-order chi connectivity index (χ1) is 11.5. The number of aromatic nitrogens is 1. The molecule has 0 bridgehead atoms. The number of hydrogen-bond acceptors (Lipinski definition) is 4. The maximum atomic E-state index is 12.4. The molecule has 2 heterocycles. The molecular weight excluding hydrogens is 388 g/mol. The number of carbonyl (C=O) groups is 1. The number of rotatable bonds is 5. The molecule has 0 aliphatic carbocycles. The molecule has 0 aliphatic heterocycles. The number of hydrogen-bond donors (Lipinski definition) is 0. The van der Waals surface area contributed by atoms with Crippen molar-refractivity contribution in [3.63, 3.8) is 0 Å². The molecule has 0 spiro atoms. The van der Waals surface area contributed by atoms with Crippen LogP contribution in [-0.2, 0) is 17.8 Å². The molecule has 0 saturated carbocycles. The molecule has 0 atom stereocenters. The van der Waals surface area contributed by atoms with E-state index >= 15 is 0 Å². The summed E-state index contributed by atoms with van der Waals surface area (Å²) in [6.07, 6.45) is 0.292. The quantitative estimate of drug-likeness (QED) is 0.620. The number of amides is 1. The lowest BCUT2D eigenvalue weighted by molar-refractivity contribution is -0.129. The lowest BCUT2D eigenvalue weighted by Gasteiger charge is -2.14. The summed E-state index contributed by atoms with van der Waals surface area (Å²) in [6, 6.07) is 11.8. The van der Waals surface area contributed by atoms with E-state index in [-0.39, 0.29) is 5.91 Å². The maximum Gasteiger partial charge on any atom is 0.228 e. The van der Waals surface area contributed by atoms with Crippen LogP contribution in [0.25, 0.3) is 10.6 Å². The molecule has 1 aromatic carbocycles. The molecule has 3 rings (SSSR count). The van der Waals surface area contributed by atoms with Crippen LogP contribution >= 0.6 is 27.3 Å². The second-order valence-corrected chi connectivity index (χ2v) is 7.37. The summed E-state index contributed by atoms with van der Waals surface area (Å²) in [7, 11) is 1.78. The average Bonchev–Trinajstić information content (AvgIpc) is 3.16. The summed E-state index contributed by atoms with van der Waals surface area (Å²) in [5.74, 6) is 1.66. The van der Waals surface area contributed by atoms with Gasteiger partial charge in [-0.05, 0) is 31.2 Å². The van der Waals surface area contributed by atoms with Gasteiger partial charge in [0.05, 0.1) is 18.7 Å². The molecule has 0 saturated heterocycles. The van der Waals surface area contributed by atoms with Crippen LogP contribution in [0.2, 0.25) is 0 Å². The SMILES string of the molecule is Cc1ccc(CN(C)C(=O)Cc2csc(-c3cccc(Br)c3)n2)o1. The summed E-state index contributed by atoms with van der Waals surface area (Å²) in [5, 5.41) is 2.86. The second kappa shape index (κ2) is 7.32. The molecule has 0 N–H and O–H groups in total. The molecule has 124 valence electrons. The molecule has 0 fully saturated rings. The molecule has 4 nitrogen and oxygen atoms in total. The van der Waals surface area contributed by atoms with Gasteiger partial charge in [-0.25, -0.2) is 4.98 Å². The van der Waals surface area contributed by atoms with Gasteiger partial charge in [-0.2, -0.15) is 0 Å². The third kappa shape index (κ3) is 4.13. The van der Waals surface area contributed by atoms with Gasteiger partial charge in [0.25, 0.3) is 0 Å². The summed E-state index contributed by atoms with van der Waals surface area (Å²) >= 11 is 5.02. The summed E-state index contributed by atoms with van der Waals surface area (Å²) < 4.78 is 6.53. The standard InChI is InChI=1S/C18H17BrN2O2S/c1-12-6-7-16(23-12)10-21(2)17(22)9-15-11-24-18(20-15)13-4-3-5-14(19)8-13/h3-8,11H,9-10H2,1-2H3. The first-order valence-corrected chi connectivity index (χ1v) is 9.18. The normalized spacial score (nSPS) is 10.8. The Morgan fingerprint density at radius 2 is 2.17 bits per heavy atom. The molecule has 0 aliphatic rings. The van der Waals surface area contributed by atoms with Crippen LogP contribution in [0.3, 0.4) is 0 Å². The van der Waals surface area contributed by atoms with E-state index in [2.05, 4.69) is 20.9 Å². The monoisotopic (exact) mass is 404 g/mol. The minimum atomic E-state index is 0.0233. The van der Waals surface area contributed by atoms with E-state index in [9.17, 15) is 4.79 Å². The highest BCUT2D eigenvalue weighted by atomic mass is 79.9. The minimum Gasteiger partial charge on any atom is -0.464 e. The number of carbonyl (C=O) groups excluding carboxylic acids is 1. The summed E-state index contributed by atoms with van der Waals surface area (Å²) in [6.45, 7) is 2.36. The van der Waals surface area contributed by atoms with Gasteiger partial charge in [0, 0.05) is 22.5 Å².